The molecule has 2 heterocycles. The highest BCUT2D eigenvalue weighted by atomic mass is 31.2. The Hall–Kier alpha value is -1.88. The van der Waals surface area contributed by atoms with Crippen molar-refractivity contribution < 1.29 is 31.9 Å². The van der Waals surface area contributed by atoms with Crippen molar-refractivity contribution in [3.05, 3.63) is 62.9 Å². The first-order valence-corrected chi connectivity index (χ1v) is 24.1. The summed E-state index contributed by atoms with van der Waals surface area (Å²) in [7, 11) is -7.45. The van der Waals surface area contributed by atoms with Gasteiger partial charge in [-0.05, 0) is 67.8 Å². The number of rotatable bonds is 15. The predicted molar refractivity (Wildman–Crippen MR) is 194 cm³/mol. The Balaban J connectivity index is 2.29. The topological polar surface area (TPSA) is 139 Å². The minimum Gasteiger partial charge on any atom is -0.497 e. The van der Waals surface area contributed by atoms with Gasteiger partial charge in [0, 0.05) is 18.8 Å². The van der Waals surface area contributed by atoms with Gasteiger partial charge in [-0.15, -0.1) is 0 Å². The van der Waals surface area contributed by atoms with Crippen LogP contribution in [0.1, 0.15) is 67.2 Å². The Morgan fingerprint density at radius 2 is 1.42 bits per heavy atom. The molecule has 12 nitrogen and oxygen atoms in total. The molecule has 0 radical (unpaired) electrons. The van der Waals surface area contributed by atoms with E-state index in [-0.39, 0.29) is 23.3 Å². The third-order valence-electron chi connectivity index (χ3n) is 9.77. The van der Waals surface area contributed by atoms with E-state index in [1.807, 2.05) is 24.3 Å². The molecule has 2 aromatic rings. The van der Waals surface area contributed by atoms with Crippen molar-refractivity contribution in [1.29, 1.82) is 0 Å². The van der Waals surface area contributed by atoms with Crippen LogP contribution in [0.2, 0.25) is 36.3 Å². The first-order valence-electron chi connectivity index (χ1n) is 16.7. The zero-order valence-electron chi connectivity index (χ0n) is 31.0. The largest absolute Gasteiger partial charge is 0.497 e. The summed E-state index contributed by atoms with van der Waals surface area (Å²) < 4.78 is 54.6. The number of nitrogens with zero attached hydrogens (tertiary/aromatic N) is 1. The minimum atomic E-state index is -3.94. The highest BCUT2D eigenvalue weighted by Gasteiger charge is 2.59. The normalized spacial score (nSPS) is 21.8. The maximum atomic E-state index is 14.8. The Labute approximate surface area is 288 Å². The van der Waals surface area contributed by atoms with Crippen LogP contribution in [0, 0.1) is 0 Å². The molecule has 5 atom stereocenters. The highest BCUT2D eigenvalue weighted by Crippen LogP contribution is 2.57. The van der Waals surface area contributed by atoms with Crippen molar-refractivity contribution in [2.75, 3.05) is 20.3 Å². The van der Waals surface area contributed by atoms with Gasteiger partial charge in [-0.2, -0.15) is 0 Å². The molecule has 1 aliphatic rings. The van der Waals surface area contributed by atoms with Gasteiger partial charge >= 0.3 is 13.3 Å². The second kappa shape index (κ2) is 15.6. The minimum absolute atomic E-state index is 0.130. The molecule has 1 aromatic carbocycles. The summed E-state index contributed by atoms with van der Waals surface area (Å²) in [5, 5.41) is 3.05. The number of hydrogen-bond donors (Lipinski definition) is 2. The zero-order valence-corrected chi connectivity index (χ0v) is 33.9. The monoisotopic (exact) mass is 727 g/mol. The second-order valence-electron chi connectivity index (χ2n) is 15.2. The van der Waals surface area contributed by atoms with Gasteiger partial charge in [0.1, 0.15) is 29.8 Å². The number of hydrogen-bond acceptors (Lipinski definition) is 10. The highest BCUT2D eigenvalue weighted by molar-refractivity contribution is 7.54. The summed E-state index contributed by atoms with van der Waals surface area (Å²) in [4.78, 5) is 27.8. The lowest BCUT2D eigenvalue weighted by molar-refractivity contribution is -0.0430. The van der Waals surface area contributed by atoms with Crippen LogP contribution in [0.15, 0.2) is 46.1 Å². The third-order valence-corrected chi connectivity index (χ3v) is 21.1. The molecule has 3 rings (SSSR count). The van der Waals surface area contributed by atoms with Crippen LogP contribution >= 0.6 is 7.60 Å². The van der Waals surface area contributed by atoms with Crippen LogP contribution in [0.5, 0.6) is 5.75 Å². The van der Waals surface area contributed by atoms with E-state index in [0.717, 1.165) is 5.56 Å². The number of aromatic amines is 1. The van der Waals surface area contributed by atoms with Gasteiger partial charge in [0.25, 0.3) is 5.56 Å². The first kappa shape index (κ1) is 40.6. The van der Waals surface area contributed by atoms with Crippen LogP contribution in [0.3, 0.4) is 0 Å². The van der Waals surface area contributed by atoms with E-state index in [2.05, 4.69) is 78.0 Å². The van der Waals surface area contributed by atoms with E-state index >= 15 is 0 Å². The summed E-state index contributed by atoms with van der Waals surface area (Å²) in [6.07, 6.45) is -2.18. The Kier molecular flexibility index (Phi) is 13.2. The van der Waals surface area contributed by atoms with Crippen molar-refractivity contribution in [3.63, 3.8) is 0 Å². The second-order valence-corrected chi connectivity index (χ2v) is 26.9. The van der Waals surface area contributed by atoms with Crippen LogP contribution in [0.4, 0.5) is 0 Å². The van der Waals surface area contributed by atoms with Crippen LogP contribution in [0.25, 0.3) is 0 Å². The molecule has 0 aliphatic carbocycles. The zero-order chi connectivity index (χ0) is 36.3. The van der Waals surface area contributed by atoms with E-state index < -0.39 is 65.8 Å². The molecule has 0 spiro atoms. The quantitative estimate of drug-likeness (QED) is 0.152. The molecule has 1 aliphatic heterocycles. The molecule has 0 bridgehead atoms. The molecular formula is C33H58N3O9PSi2. The average molecular weight is 728 g/mol. The Morgan fingerprint density at radius 1 is 0.896 bits per heavy atom. The van der Waals surface area contributed by atoms with E-state index in [0.29, 0.717) is 12.3 Å². The molecule has 2 N–H and O–H groups in total. The van der Waals surface area contributed by atoms with Crippen molar-refractivity contribution in [1.82, 2.24) is 14.9 Å². The van der Waals surface area contributed by atoms with Crippen molar-refractivity contribution in [2.45, 2.75) is 129 Å². The van der Waals surface area contributed by atoms with Crippen LogP contribution < -0.4 is 21.3 Å². The van der Waals surface area contributed by atoms with Crippen molar-refractivity contribution in [2.24, 2.45) is 0 Å². The van der Waals surface area contributed by atoms with Gasteiger partial charge in [-0.3, -0.25) is 24.2 Å². The van der Waals surface area contributed by atoms with Crippen molar-refractivity contribution in [3.8, 4) is 5.75 Å². The van der Waals surface area contributed by atoms with Crippen molar-refractivity contribution >= 4 is 24.2 Å². The molecule has 15 heteroatoms. The van der Waals surface area contributed by atoms with Crippen LogP contribution in [-0.4, -0.2) is 70.6 Å². The summed E-state index contributed by atoms with van der Waals surface area (Å²) in [5.74, 6) is -0.311. The van der Waals surface area contributed by atoms with Gasteiger partial charge in [0.05, 0.1) is 20.3 Å². The maximum absolute atomic E-state index is 14.8. The average Bonchev–Trinajstić information content (AvgIpc) is 3.28. The molecule has 1 unspecified atom stereocenters. The lowest BCUT2D eigenvalue weighted by Gasteiger charge is -2.45. The fourth-order valence-corrected chi connectivity index (χ4v) is 9.61. The number of H-pyrrole nitrogens is 1. The van der Waals surface area contributed by atoms with E-state index in [1.54, 1.807) is 21.0 Å². The Morgan fingerprint density at radius 3 is 1.88 bits per heavy atom. The Bertz CT molecular complexity index is 1510. The number of aromatic nitrogens is 2. The van der Waals surface area contributed by atoms with Gasteiger partial charge in [-0.1, -0.05) is 53.7 Å². The molecule has 1 fully saturated rings. The van der Waals surface area contributed by atoms with E-state index in [1.165, 1.54) is 16.8 Å². The summed E-state index contributed by atoms with van der Waals surface area (Å²) in [6.45, 7) is 25.4. The van der Waals surface area contributed by atoms with Crippen LogP contribution in [-0.2, 0) is 33.7 Å². The third kappa shape index (κ3) is 9.26. The first-order chi connectivity index (χ1) is 22.1. The summed E-state index contributed by atoms with van der Waals surface area (Å²) in [6, 6.07) is 8.82. The number of methoxy groups -OCH3 is 1. The lowest BCUT2D eigenvalue weighted by atomic mass is 10.1. The maximum Gasteiger partial charge on any atom is 0.350 e. The molecule has 1 aromatic heterocycles. The van der Waals surface area contributed by atoms with E-state index in [4.69, 9.17) is 27.4 Å². The fourth-order valence-electron chi connectivity index (χ4n) is 5.00. The molecule has 0 saturated carbocycles. The van der Waals surface area contributed by atoms with Gasteiger partial charge < -0.3 is 27.4 Å². The lowest BCUT2D eigenvalue weighted by Crippen LogP contribution is -2.56. The smallest absolute Gasteiger partial charge is 0.350 e. The predicted octanol–water partition coefficient (Wildman–Crippen LogP) is 6.61. The van der Waals surface area contributed by atoms with Gasteiger partial charge in [0.2, 0.25) is 0 Å². The fraction of sp³-hybridized carbons (Fsp3) is 0.697. The molecule has 48 heavy (non-hydrogen) atoms. The standard InChI is InChI=1S/C33H58N3O9PSi2/c1-14-41-46(39,42-15-2)29(34-22-23-16-18-24(40-9)19-17-23)27-26(44-47(10,11)32(3,4)5)28(45-48(12,13)33(6,7)8)30(43-27)36-21-20-25(37)35-31(36)38/h16-21,26-30,34H,14-15,22H2,1-13H3,(H,35,37,38)/t26-,27-,28-,29?,30-/m1/s1. The number of ether oxygens (including phenoxy) is 2. The molecular weight excluding hydrogens is 670 g/mol. The summed E-state index contributed by atoms with van der Waals surface area (Å²) >= 11 is 0. The van der Waals surface area contributed by atoms with Gasteiger partial charge in [-0.25, -0.2) is 4.79 Å². The van der Waals surface area contributed by atoms with E-state index in [9.17, 15) is 14.2 Å². The number of benzene rings is 1. The molecule has 272 valence electrons. The SMILES string of the molecule is CCOP(=O)(OCC)C(NCc1ccc(OC)cc1)[C@@H]1O[C@@H](n2ccc(=O)[nH]c2=O)[C@H](O[Si](C)(C)C(C)(C)C)[C@@H]1O[Si](C)(C)C(C)(C)C. The molecule has 0 amide bonds. The number of nitrogens with one attached hydrogen (secondary N) is 2. The summed E-state index contributed by atoms with van der Waals surface area (Å²) in [5.41, 5.74) is -0.274. The molecule has 1 saturated heterocycles. The van der Waals surface area contributed by atoms with Gasteiger partial charge in [0.15, 0.2) is 22.9 Å².